The predicted octanol–water partition coefficient (Wildman–Crippen LogP) is 2.34. The number of benzene rings is 1. The van der Waals surface area contributed by atoms with Gasteiger partial charge in [-0.25, -0.2) is 4.98 Å². The Bertz CT molecular complexity index is 1220. The third kappa shape index (κ3) is 6.25. The van der Waals surface area contributed by atoms with Crippen molar-refractivity contribution in [3.8, 4) is 0 Å². The first-order valence-electron chi connectivity index (χ1n) is 12.2. The van der Waals surface area contributed by atoms with Crippen LogP contribution in [0.3, 0.4) is 0 Å². The second-order valence-corrected chi connectivity index (χ2v) is 9.98. The van der Waals surface area contributed by atoms with E-state index in [2.05, 4.69) is 37.6 Å². The zero-order valence-corrected chi connectivity index (χ0v) is 21.0. The fourth-order valence-electron chi connectivity index (χ4n) is 4.34. The number of aryl methyl sites for hydroxylation is 1. The summed E-state index contributed by atoms with van der Waals surface area (Å²) < 4.78 is 1.75. The first-order valence-corrected chi connectivity index (χ1v) is 13.0. The van der Waals surface area contributed by atoms with E-state index in [0.29, 0.717) is 28.6 Å². The minimum atomic E-state index is -0.275. The summed E-state index contributed by atoms with van der Waals surface area (Å²) in [7, 11) is 0. The monoisotopic (exact) mass is 496 g/mol. The molecule has 0 unspecified atom stereocenters. The van der Waals surface area contributed by atoms with Crippen molar-refractivity contribution in [2.24, 2.45) is 5.92 Å². The van der Waals surface area contributed by atoms with Crippen molar-refractivity contribution in [3.63, 3.8) is 0 Å². The molecule has 1 saturated heterocycles. The number of hydrogen-bond donors (Lipinski definition) is 2. The molecule has 1 fully saturated rings. The van der Waals surface area contributed by atoms with Crippen LogP contribution in [-0.4, -0.2) is 52.0 Å². The summed E-state index contributed by atoms with van der Waals surface area (Å²) >= 11 is 1.27. The van der Waals surface area contributed by atoms with E-state index >= 15 is 0 Å². The van der Waals surface area contributed by atoms with Crippen molar-refractivity contribution >= 4 is 38.6 Å². The Morgan fingerprint density at radius 2 is 2.06 bits per heavy atom. The number of carbonyl (C=O) groups excluding carboxylic acids is 2. The number of thiazole rings is 1. The molecule has 3 heterocycles. The van der Waals surface area contributed by atoms with Crippen molar-refractivity contribution in [1.82, 2.24) is 25.2 Å². The summed E-state index contributed by atoms with van der Waals surface area (Å²) in [5.74, 6) is -0.255. The molecule has 0 spiro atoms. The summed E-state index contributed by atoms with van der Waals surface area (Å²) in [4.78, 5) is 48.8. The van der Waals surface area contributed by atoms with Crippen LogP contribution in [0.15, 0.2) is 41.5 Å². The highest BCUT2D eigenvalue weighted by Crippen LogP contribution is 2.29. The van der Waals surface area contributed by atoms with Crippen molar-refractivity contribution in [1.29, 1.82) is 0 Å². The fraction of sp³-hybridized carbons (Fsp3) is 0.480. The highest BCUT2D eigenvalue weighted by molar-refractivity contribution is 7.22. The minimum absolute atomic E-state index is 0.0120. The Labute approximate surface area is 208 Å². The Kier molecular flexibility index (Phi) is 8.12. The SMILES string of the molecule is CCNC(=O)[C@@H]1CCCN(c2nc3ncn(CC(=O)N[C@@H](C)CCc4ccccc4)c(=O)c3s2)C1. The first-order chi connectivity index (χ1) is 16.9. The molecule has 0 radical (unpaired) electrons. The second-order valence-electron chi connectivity index (χ2n) is 9.00. The number of rotatable bonds is 9. The van der Waals surface area contributed by atoms with Gasteiger partial charge in [0.2, 0.25) is 11.8 Å². The van der Waals surface area contributed by atoms with Crippen molar-refractivity contribution in [3.05, 3.63) is 52.6 Å². The van der Waals surface area contributed by atoms with Crippen molar-refractivity contribution < 1.29 is 9.59 Å². The maximum atomic E-state index is 13.0. The van der Waals surface area contributed by atoms with Gasteiger partial charge in [0, 0.05) is 25.7 Å². The van der Waals surface area contributed by atoms with Gasteiger partial charge in [-0.3, -0.25) is 19.0 Å². The van der Waals surface area contributed by atoms with Gasteiger partial charge in [0.1, 0.15) is 17.6 Å². The number of anilines is 1. The zero-order chi connectivity index (χ0) is 24.8. The normalized spacial score (nSPS) is 16.7. The molecule has 1 aromatic carbocycles. The van der Waals surface area contributed by atoms with Gasteiger partial charge >= 0.3 is 0 Å². The van der Waals surface area contributed by atoms with Crippen LogP contribution >= 0.6 is 11.3 Å². The highest BCUT2D eigenvalue weighted by Gasteiger charge is 2.27. The average molecular weight is 497 g/mol. The number of aromatic nitrogens is 3. The second kappa shape index (κ2) is 11.4. The summed E-state index contributed by atoms with van der Waals surface area (Å²) in [5, 5.41) is 6.55. The molecule has 186 valence electrons. The molecule has 3 aromatic rings. The summed E-state index contributed by atoms with van der Waals surface area (Å²) in [6.07, 6.45) is 4.80. The molecule has 4 rings (SSSR count). The Balaban J connectivity index is 1.39. The maximum Gasteiger partial charge on any atom is 0.273 e. The molecule has 2 aromatic heterocycles. The lowest BCUT2D eigenvalue weighted by Gasteiger charge is -2.31. The van der Waals surface area contributed by atoms with Gasteiger partial charge in [-0.1, -0.05) is 41.7 Å². The number of fused-ring (bicyclic) bond motifs is 1. The average Bonchev–Trinajstić information content (AvgIpc) is 3.31. The van der Waals surface area contributed by atoms with E-state index in [9.17, 15) is 14.4 Å². The van der Waals surface area contributed by atoms with E-state index in [1.54, 1.807) is 0 Å². The molecule has 0 saturated carbocycles. The van der Waals surface area contributed by atoms with E-state index < -0.39 is 0 Å². The number of amides is 2. The van der Waals surface area contributed by atoms with Gasteiger partial charge < -0.3 is 15.5 Å². The van der Waals surface area contributed by atoms with Crippen molar-refractivity contribution in [2.45, 2.75) is 52.1 Å². The number of carbonyl (C=O) groups is 2. The lowest BCUT2D eigenvalue weighted by Crippen LogP contribution is -2.43. The lowest BCUT2D eigenvalue weighted by atomic mass is 9.97. The Morgan fingerprint density at radius 1 is 1.26 bits per heavy atom. The van der Waals surface area contributed by atoms with Gasteiger partial charge in [0.15, 0.2) is 10.8 Å². The van der Waals surface area contributed by atoms with Gasteiger partial charge in [-0.2, -0.15) is 4.98 Å². The zero-order valence-electron chi connectivity index (χ0n) is 20.2. The Morgan fingerprint density at radius 3 is 2.83 bits per heavy atom. The van der Waals surface area contributed by atoms with Crippen LogP contribution in [0.1, 0.15) is 38.7 Å². The minimum Gasteiger partial charge on any atom is -0.356 e. The smallest absolute Gasteiger partial charge is 0.273 e. The third-order valence-electron chi connectivity index (χ3n) is 6.22. The van der Waals surface area contributed by atoms with Crippen LogP contribution in [0.5, 0.6) is 0 Å². The van der Waals surface area contributed by atoms with Crippen LogP contribution in [0.2, 0.25) is 0 Å². The van der Waals surface area contributed by atoms with Crippen LogP contribution in [0.4, 0.5) is 5.13 Å². The lowest BCUT2D eigenvalue weighted by molar-refractivity contribution is -0.125. The van der Waals surface area contributed by atoms with Gasteiger partial charge in [-0.05, 0) is 45.1 Å². The molecule has 0 aliphatic carbocycles. The fourth-order valence-corrected chi connectivity index (χ4v) is 5.35. The molecule has 10 heteroatoms. The van der Waals surface area contributed by atoms with E-state index in [0.717, 1.165) is 32.2 Å². The summed E-state index contributed by atoms with van der Waals surface area (Å²) in [6, 6.07) is 10.1. The standard InChI is InChI=1S/C25H32N6O3S/c1-3-26-23(33)19-10-7-13-30(14-19)25-29-22-21(35-25)24(34)31(16-27-22)15-20(32)28-17(2)11-12-18-8-5-4-6-9-18/h4-6,8-9,16-17,19H,3,7,10-15H2,1-2H3,(H,26,33)(H,28,32)/t17-,19+/m0/s1. The predicted molar refractivity (Wildman–Crippen MR) is 138 cm³/mol. The van der Waals surface area contributed by atoms with E-state index in [4.69, 9.17) is 0 Å². The molecular formula is C25H32N6O3S. The van der Waals surface area contributed by atoms with Gasteiger partial charge in [-0.15, -0.1) is 0 Å². The molecule has 9 nitrogen and oxygen atoms in total. The topological polar surface area (TPSA) is 109 Å². The number of nitrogens with zero attached hydrogens (tertiary/aromatic N) is 4. The van der Waals surface area contributed by atoms with Crippen LogP contribution in [0.25, 0.3) is 10.3 Å². The largest absolute Gasteiger partial charge is 0.356 e. The summed E-state index contributed by atoms with van der Waals surface area (Å²) in [6.45, 7) is 5.75. The molecular weight excluding hydrogens is 464 g/mol. The van der Waals surface area contributed by atoms with Crippen LogP contribution < -0.4 is 21.1 Å². The molecule has 2 atom stereocenters. The quantitative estimate of drug-likeness (QED) is 0.471. The number of nitrogens with one attached hydrogen (secondary N) is 2. The molecule has 0 bridgehead atoms. The molecule has 2 N–H and O–H groups in total. The maximum absolute atomic E-state index is 13.0. The van der Waals surface area contributed by atoms with E-state index in [1.165, 1.54) is 27.8 Å². The molecule has 35 heavy (non-hydrogen) atoms. The Hall–Kier alpha value is -3.27. The van der Waals surface area contributed by atoms with Gasteiger partial charge in [0.05, 0.1) is 5.92 Å². The summed E-state index contributed by atoms with van der Waals surface area (Å²) in [5.41, 5.74) is 1.33. The first kappa shape index (κ1) is 24.8. The number of hydrogen-bond acceptors (Lipinski definition) is 7. The van der Waals surface area contributed by atoms with E-state index in [-0.39, 0.29) is 35.9 Å². The van der Waals surface area contributed by atoms with Gasteiger partial charge in [0.25, 0.3) is 5.56 Å². The van der Waals surface area contributed by atoms with Crippen molar-refractivity contribution in [2.75, 3.05) is 24.5 Å². The van der Waals surface area contributed by atoms with Crippen LogP contribution in [0, 0.1) is 5.92 Å². The molecule has 1 aliphatic rings. The van der Waals surface area contributed by atoms with Crippen LogP contribution in [-0.2, 0) is 22.6 Å². The van der Waals surface area contributed by atoms with E-state index in [1.807, 2.05) is 32.0 Å². The number of piperidine rings is 1. The highest BCUT2D eigenvalue weighted by atomic mass is 32.1. The molecule has 2 amide bonds. The third-order valence-corrected chi connectivity index (χ3v) is 7.31. The molecule has 1 aliphatic heterocycles.